The molecule has 2 aromatic rings. The highest BCUT2D eigenvalue weighted by atomic mass is 19.3. The maximum absolute atomic E-state index is 14.5. The maximum Gasteiger partial charge on any atom is 0.426 e. The second kappa shape index (κ2) is 9.01. The summed E-state index contributed by atoms with van der Waals surface area (Å²) in [6, 6.07) is 14.2. The molecule has 1 saturated carbocycles. The van der Waals surface area contributed by atoms with E-state index in [2.05, 4.69) is 19.1 Å². The molecule has 3 rings (SSSR count). The van der Waals surface area contributed by atoms with Crippen LogP contribution in [0.2, 0.25) is 0 Å². The van der Waals surface area contributed by atoms with Crippen LogP contribution < -0.4 is 4.74 Å². The van der Waals surface area contributed by atoms with Gasteiger partial charge in [-0.05, 0) is 85.9 Å². The van der Waals surface area contributed by atoms with Crippen molar-refractivity contribution in [3.05, 3.63) is 77.4 Å². The molecule has 0 radical (unpaired) electrons. The lowest BCUT2D eigenvalue weighted by molar-refractivity contribution is -0.185. The highest BCUT2D eigenvalue weighted by molar-refractivity contribution is 5.35. The molecule has 28 heavy (non-hydrogen) atoms. The van der Waals surface area contributed by atoms with Crippen LogP contribution in [0.4, 0.5) is 8.78 Å². The molecule has 1 fully saturated rings. The van der Waals surface area contributed by atoms with Crippen LogP contribution in [0.1, 0.15) is 61.6 Å². The molecule has 4 heteroatoms. The zero-order valence-corrected chi connectivity index (χ0v) is 16.1. The molecule has 146 valence electrons. The molecule has 0 unspecified atom stereocenters. The number of nitriles is 1. The van der Waals surface area contributed by atoms with E-state index in [0.717, 1.165) is 37.7 Å². The second-order valence-electron chi connectivity index (χ2n) is 7.33. The van der Waals surface area contributed by atoms with Crippen LogP contribution in [0.5, 0.6) is 5.75 Å². The third-order valence-electron chi connectivity index (χ3n) is 5.36. The van der Waals surface area contributed by atoms with Crippen molar-refractivity contribution < 1.29 is 13.5 Å². The summed E-state index contributed by atoms with van der Waals surface area (Å²) in [6.07, 6.45) is 6.69. The van der Waals surface area contributed by atoms with Gasteiger partial charge >= 0.3 is 6.11 Å². The van der Waals surface area contributed by atoms with Crippen molar-refractivity contribution in [1.29, 1.82) is 5.26 Å². The number of rotatable bonds is 6. The van der Waals surface area contributed by atoms with Gasteiger partial charge in [-0.2, -0.15) is 14.0 Å². The molecule has 0 saturated heterocycles. The molecule has 0 amide bonds. The molecular weight excluding hydrogens is 356 g/mol. The SMILES string of the molecule is CC/C=C\[C@H]1CC[C@H](c2ccc(C(F)(F)Oc3ccc(C#N)cc3)cc2)CC1. The number of hydrogen-bond acceptors (Lipinski definition) is 2. The van der Waals surface area contributed by atoms with E-state index in [9.17, 15) is 8.78 Å². The fraction of sp³-hybridized carbons (Fsp3) is 0.375. The Bertz CT molecular complexity index is 826. The summed E-state index contributed by atoms with van der Waals surface area (Å²) in [5.74, 6) is 1.13. The van der Waals surface area contributed by atoms with E-state index in [1.807, 2.05) is 6.07 Å². The quantitative estimate of drug-likeness (QED) is 0.508. The van der Waals surface area contributed by atoms with Crippen molar-refractivity contribution in [2.75, 3.05) is 0 Å². The topological polar surface area (TPSA) is 33.0 Å². The Morgan fingerprint density at radius 1 is 1.04 bits per heavy atom. The molecule has 1 aliphatic carbocycles. The van der Waals surface area contributed by atoms with Gasteiger partial charge in [0.25, 0.3) is 0 Å². The van der Waals surface area contributed by atoms with Gasteiger partial charge in [0, 0.05) is 0 Å². The van der Waals surface area contributed by atoms with Gasteiger partial charge in [-0.1, -0.05) is 31.2 Å². The van der Waals surface area contributed by atoms with Crippen LogP contribution in [-0.4, -0.2) is 0 Å². The first-order chi connectivity index (χ1) is 13.5. The third kappa shape index (κ3) is 4.98. The summed E-state index contributed by atoms with van der Waals surface area (Å²) in [5, 5.41) is 8.78. The van der Waals surface area contributed by atoms with Gasteiger partial charge in [0.1, 0.15) is 5.75 Å². The third-order valence-corrected chi connectivity index (χ3v) is 5.36. The van der Waals surface area contributed by atoms with E-state index < -0.39 is 6.11 Å². The Hall–Kier alpha value is -2.67. The Balaban J connectivity index is 1.63. The average molecular weight is 381 g/mol. The van der Waals surface area contributed by atoms with Crippen molar-refractivity contribution in [2.45, 2.75) is 51.1 Å². The van der Waals surface area contributed by atoms with Gasteiger partial charge in [-0.15, -0.1) is 0 Å². The standard InChI is InChI=1S/C24H25F2NO/c1-2-3-4-18-5-9-20(10-6-18)21-11-13-22(14-12-21)24(25,26)28-23-15-7-19(17-27)8-16-23/h3-4,7-8,11-16,18,20H,2,5-6,9-10H2,1H3/b4-3-/t18-,20-. The number of ether oxygens (including phenoxy) is 1. The van der Waals surface area contributed by atoms with Crippen LogP contribution in [-0.2, 0) is 6.11 Å². The average Bonchev–Trinajstić information content (AvgIpc) is 2.73. The number of benzene rings is 2. The fourth-order valence-electron chi connectivity index (χ4n) is 3.73. The minimum absolute atomic E-state index is 0.0338. The summed E-state index contributed by atoms with van der Waals surface area (Å²) in [6.45, 7) is 2.14. The second-order valence-corrected chi connectivity index (χ2v) is 7.33. The van der Waals surface area contributed by atoms with E-state index in [4.69, 9.17) is 10.00 Å². The monoisotopic (exact) mass is 381 g/mol. The minimum Gasteiger partial charge on any atom is -0.429 e. The number of alkyl halides is 2. The van der Waals surface area contributed by atoms with Crippen LogP contribution in [0.25, 0.3) is 0 Å². The van der Waals surface area contributed by atoms with Crippen LogP contribution in [0.15, 0.2) is 60.7 Å². The number of hydrogen-bond donors (Lipinski definition) is 0. The van der Waals surface area contributed by atoms with Crippen molar-refractivity contribution in [2.24, 2.45) is 5.92 Å². The van der Waals surface area contributed by atoms with Crippen molar-refractivity contribution in [3.8, 4) is 11.8 Å². The highest BCUT2D eigenvalue weighted by Crippen LogP contribution is 2.38. The van der Waals surface area contributed by atoms with E-state index >= 15 is 0 Å². The molecule has 0 aliphatic heterocycles. The van der Waals surface area contributed by atoms with E-state index in [0.29, 0.717) is 17.4 Å². The minimum atomic E-state index is -3.42. The lowest BCUT2D eigenvalue weighted by Crippen LogP contribution is -2.22. The predicted octanol–water partition coefficient (Wildman–Crippen LogP) is 6.93. The van der Waals surface area contributed by atoms with Crippen molar-refractivity contribution in [1.82, 2.24) is 0 Å². The summed E-state index contributed by atoms with van der Waals surface area (Å²) < 4.78 is 33.8. The van der Waals surface area contributed by atoms with E-state index in [-0.39, 0.29) is 11.3 Å². The van der Waals surface area contributed by atoms with Crippen LogP contribution in [0, 0.1) is 17.2 Å². The van der Waals surface area contributed by atoms with Gasteiger partial charge in [0.2, 0.25) is 0 Å². The molecule has 1 aliphatic rings. The number of allylic oxidation sites excluding steroid dienone is 2. The smallest absolute Gasteiger partial charge is 0.426 e. The maximum atomic E-state index is 14.5. The van der Waals surface area contributed by atoms with Gasteiger partial charge in [-0.3, -0.25) is 0 Å². The normalized spacial score (nSPS) is 20.1. The summed E-state index contributed by atoms with van der Waals surface area (Å²) in [7, 11) is 0. The molecule has 0 atom stereocenters. The van der Waals surface area contributed by atoms with Crippen LogP contribution >= 0.6 is 0 Å². The Morgan fingerprint density at radius 3 is 2.25 bits per heavy atom. The van der Waals surface area contributed by atoms with Crippen molar-refractivity contribution >= 4 is 0 Å². The number of halogens is 2. The lowest BCUT2D eigenvalue weighted by Gasteiger charge is -2.27. The zero-order valence-electron chi connectivity index (χ0n) is 16.1. The Morgan fingerprint density at radius 2 is 1.68 bits per heavy atom. The first-order valence-electron chi connectivity index (χ1n) is 9.86. The predicted molar refractivity (Wildman–Crippen MR) is 106 cm³/mol. The first-order valence-corrected chi connectivity index (χ1v) is 9.86. The molecule has 0 spiro atoms. The molecule has 0 aromatic heterocycles. The summed E-state index contributed by atoms with van der Waals surface area (Å²) >= 11 is 0. The number of nitrogens with zero attached hydrogens (tertiary/aromatic N) is 1. The summed E-state index contributed by atoms with van der Waals surface area (Å²) in [4.78, 5) is 0. The molecule has 2 aromatic carbocycles. The molecule has 0 heterocycles. The largest absolute Gasteiger partial charge is 0.429 e. The molecular formula is C24H25F2NO. The highest BCUT2D eigenvalue weighted by Gasteiger charge is 2.34. The van der Waals surface area contributed by atoms with Gasteiger partial charge < -0.3 is 4.74 Å². The van der Waals surface area contributed by atoms with Gasteiger partial charge in [0.15, 0.2) is 0 Å². The van der Waals surface area contributed by atoms with Gasteiger partial charge in [0.05, 0.1) is 17.2 Å². The first kappa shape index (κ1) is 20.1. The van der Waals surface area contributed by atoms with E-state index in [1.54, 1.807) is 12.1 Å². The van der Waals surface area contributed by atoms with E-state index in [1.165, 1.54) is 36.4 Å². The fourth-order valence-corrected chi connectivity index (χ4v) is 3.73. The van der Waals surface area contributed by atoms with Gasteiger partial charge in [-0.25, -0.2) is 0 Å². The summed E-state index contributed by atoms with van der Waals surface area (Å²) in [5.41, 5.74) is 1.36. The Labute approximate surface area is 165 Å². The van der Waals surface area contributed by atoms with Crippen LogP contribution in [0.3, 0.4) is 0 Å². The Kier molecular flexibility index (Phi) is 6.46. The lowest BCUT2D eigenvalue weighted by atomic mass is 9.78. The molecule has 2 nitrogen and oxygen atoms in total. The molecule has 0 N–H and O–H groups in total. The van der Waals surface area contributed by atoms with Crippen molar-refractivity contribution in [3.63, 3.8) is 0 Å². The molecule has 0 bridgehead atoms. The zero-order chi connectivity index (χ0) is 20.0.